The summed E-state index contributed by atoms with van der Waals surface area (Å²) in [4.78, 5) is 0. The lowest BCUT2D eigenvalue weighted by Gasteiger charge is -2.14. The summed E-state index contributed by atoms with van der Waals surface area (Å²) in [5.41, 5.74) is -0.403. The summed E-state index contributed by atoms with van der Waals surface area (Å²) in [6.45, 7) is -3.32. The van der Waals surface area contributed by atoms with Crippen molar-refractivity contribution >= 4 is 5.69 Å². The van der Waals surface area contributed by atoms with Crippen LogP contribution in [-0.2, 0) is 0 Å². The Balaban J connectivity index is 3.03. The van der Waals surface area contributed by atoms with E-state index in [0.717, 1.165) is 24.4 Å². The first-order valence-electron chi connectivity index (χ1n) is 6.33. The molecule has 1 aromatic rings. The maximum absolute atomic E-state index is 12.2. The van der Waals surface area contributed by atoms with Gasteiger partial charge in [0.05, 0.1) is 0 Å². The Labute approximate surface area is 137 Å². The van der Waals surface area contributed by atoms with E-state index in [-0.39, 0.29) is 11.3 Å². The van der Waals surface area contributed by atoms with Crippen molar-refractivity contribution in [2.45, 2.75) is 12.4 Å². The van der Waals surface area contributed by atoms with E-state index in [2.05, 4.69) is 14.8 Å². The maximum atomic E-state index is 12.2. The minimum atomic E-state index is -4.65. The second-order valence-electron chi connectivity index (χ2n) is 4.43. The van der Waals surface area contributed by atoms with Crippen LogP contribution in [-0.4, -0.2) is 25.6 Å². The summed E-state index contributed by atoms with van der Waals surface area (Å²) in [5.74, 6) is -0.827. The highest BCUT2D eigenvalue weighted by Crippen LogP contribution is 2.29. The molecule has 0 saturated carbocycles. The molecular weight excluding hydrogens is 356 g/mol. The lowest BCUT2D eigenvalue weighted by molar-refractivity contribution is -0.153. The topological polar surface area (TPSA) is 78.1 Å². The van der Waals surface area contributed by atoms with Crippen LogP contribution in [0, 0.1) is 22.7 Å². The van der Waals surface area contributed by atoms with Crippen LogP contribution in [0.25, 0.3) is 0 Å². The number of nitrogens with one attached hydrogen (secondary N) is 1. The lowest BCUT2D eigenvalue weighted by Crippen LogP contribution is -2.20. The van der Waals surface area contributed by atoms with Crippen LogP contribution < -0.4 is 14.8 Å². The van der Waals surface area contributed by atoms with Crippen molar-refractivity contribution in [1.82, 2.24) is 0 Å². The zero-order chi connectivity index (χ0) is 19.1. The van der Waals surface area contributed by atoms with Gasteiger partial charge in [0.15, 0.2) is 13.2 Å². The molecule has 0 spiro atoms. The summed E-state index contributed by atoms with van der Waals surface area (Å²) in [6.07, 6.45) is -8.37. The third-order valence-corrected chi connectivity index (χ3v) is 2.31. The number of benzene rings is 1. The fourth-order valence-corrected chi connectivity index (χ4v) is 1.40. The number of anilines is 1. The normalized spacial score (nSPS) is 11.0. The van der Waals surface area contributed by atoms with Crippen molar-refractivity contribution < 1.29 is 35.8 Å². The Hall–Kier alpha value is -3.08. The van der Waals surface area contributed by atoms with E-state index >= 15 is 0 Å². The van der Waals surface area contributed by atoms with Crippen LogP contribution in [0.1, 0.15) is 0 Å². The van der Waals surface area contributed by atoms with Crippen molar-refractivity contribution in [3.63, 3.8) is 0 Å². The highest BCUT2D eigenvalue weighted by molar-refractivity contribution is 5.56. The molecule has 0 radical (unpaired) electrons. The number of nitrogens with zero attached hydrogens (tertiary/aromatic N) is 2. The SMILES string of the molecule is N#CC(C#N)=CNc1cc(OCC(F)(F)F)cc(OCC(F)(F)F)c1. The van der Waals surface area contributed by atoms with Crippen LogP contribution in [0.3, 0.4) is 0 Å². The molecule has 11 heteroatoms. The van der Waals surface area contributed by atoms with Crippen molar-refractivity contribution in [1.29, 1.82) is 10.5 Å². The predicted molar refractivity (Wildman–Crippen MR) is 72.5 cm³/mol. The molecular formula is C14H9F6N3O2. The molecule has 5 nitrogen and oxygen atoms in total. The quantitative estimate of drug-likeness (QED) is 0.611. The summed E-state index contributed by atoms with van der Waals surface area (Å²) in [5, 5.41) is 19.6. The highest BCUT2D eigenvalue weighted by Gasteiger charge is 2.29. The first kappa shape index (κ1) is 20.0. The van der Waals surface area contributed by atoms with Crippen LogP contribution in [0.5, 0.6) is 11.5 Å². The Bertz CT molecular complexity index is 661. The largest absolute Gasteiger partial charge is 0.484 e. The number of hydrogen-bond acceptors (Lipinski definition) is 5. The van der Waals surface area contributed by atoms with Crippen LogP contribution in [0.2, 0.25) is 0 Å². The highest BCUT2D eigenvalue weighted by atomic mass is 19.4. The van der Waals surface area contributed by atoms with Crippen molar-refractivity contribution in [2.24, 2.45) is 0 Å². The average Bonchev–Trinajstić information content (AvgIpc) is 2.51. The van der Waals surface area contributed by atoms with Gasteiger partial charge >= 0.3 is 12.4 Å². The molecule has 0 atom stereocenters. The zero-order valence-corrected chi connectivity index (χ0v) is 12.2. The number of allylic oxidation sites excluding steroid dienone is 1. The van der Waals surface area contributed by atoms with Crippen LogP contribution in [0.15, 0.2) is 30.0 Å². The standard InChI is InChI=1S/C14H9F6N3O2/c15-13(16,17)7-24-11-1-10(23-6-9(4-21)5-22)2-12(3-11)25-8-14(18,19)20/h1-3,6,23H,7-8H2. The van der Waals surface area contributed by atoms with Gasteiger partial charge in [0.1, 0.15) is 29.2 Å². The van der Waals surface area contributed by atoms with Gasteiger partial charge in [-0.25, -0.2) is 0 Å². The second kappa shape index (κ2) is 8.15. The molecule has 25 heavy (non-hydrogen) atoms. The average molecular weight is 365 g/mol. The van der Waals surface area contributed by atoms with E-state index < -0.39 is 37.1 Å². The van der Waals surface area contributed by atoms with E-state index in [1.807, 2.05) is 0 Å². The van der Waals surface area contributed by atoms with Gasteiger partial charge in [-0.05, 0) is 0 Å². The minimum absolute atomic E-state index is 0.0418. The first-order chi connectivity index (χ1) is 11.5. The molecule has 1 N–H and O–H groups in total. The molecule has 0 amide bonds. The molecule has 0 aliphatic carbocycles. The molecule has 0 fully saturated rings. The third-order valence-electron chi connectivity index (χ3n) is 2.31. The van der Waals surface area contributed by atoms with Gasteiger partial charge < -0.3 is 14.8 Å². The van der Waals surface area contributed by atoms with E-state index in [4.69, 9.17) is 10.5 Å². The number of ether oxygens (including phenoxy) is 2. The predicted octanol–water partition coefficient (Wildman–Crippen LogP) is 3.91. The molecule has 1 aromatic carbocycles. The molecule has 0 aliphatic heterocycles. The van der Waals surface area contributed by atoms with E-state index in [9.17, 15) is 26.3 Å². The summed E-state index contributed by atoms with van der Waals surface area (Å²) >= 11 is 0. The fourth-order valence-electron chi connectivity index (χ4n) is 1.40. The fraction of sp³-hybridized carbons (Fsp3) is 0.286. The summed E-state index contributed by atoms with van der Waals surface area (Å²) < 4.78 is 82.1. The summed E-state index contributed by atoms with van der Waals surface area (Å²) in [7, 11) is 0. The Morgan fingerprint density at radius 3 is 1.72 bits per heavy atom. The third kappa shape index (κ3) is 8.37. The smallest absolute Gasteiger partial charge is 0.422 e. The van der Waals surface area contributed by atoms with Crippen molar-refractivity contribution in [3.05, 3.63) is 30.0 Å². The molecule has 134 valence electrons. The molecule has 0 heterocycles. The second-order valence-corrected chi connectivity index (χ2v) is 4.43. The van der Waals surface area contributed by atoms with Crippen LogP contribution >= 0.6 is 0 Å². The first-order valence-corrected chi connectivity index (χ1v) is 6.33. The number of hydrogen-bond donors (Lipinski definition) is 1. The Kier molecular flexibility index (Phi) is 6.51. The van der Waals surface area contributed by atoms with Gasteiger partial charge in [-0.15, -0.1) is 0 Å². The number of halogens is 6. The van der Waals surface area contributed by atoms with Crippen LogP contribution in [0.4, 0.5) is 32.0 Å². The molecule has 0 bridgehead atoms. The van der Waals surface area contributed by atoms with Gasteiger partial charge in [-0.2, -0.15) is 36.9 Å². The molecule has 0 saturated heterocycles. The van der Waals surface area contributed by atoms with Gasteiger partial charge in [0.2, 0.25) is 0 Å². The molecule has 1 rings (SSSR count). The monoisotopic (exact) mass is 365 g/mol. The van der Waals surface area contributed by atoms with Gasteiger partial charge in [-0.1, -0.05) is 0 Å². The van der Waals surface area contributed by atoms with Crippen molar-refractivity contribution in [3.8, 4) is 23.6 Å². The van der Waals surface area contributed by atoms with Gasteiger partial charge in [0, 0.05) is 30.1 Å². The van der Waals surface area contributed by atoms with Crippen molar-refractivity contribution in [2.75, 3.05) is 18.5 Å². The Morgan fingerprint density at radius 2 is 1.36 bits per heavy atom. The van der Waals surface area contributed by atoms with Gasteiger partial charge in [-0.3, -0.25) is 0 Å². The number of rotatable bonds is 6. The van der Waals surface area contributed by atoms with Gasteiger partial charge in [0.25, 0.3) is 0 Å². The van der Waals surface area contributed by atoms with E-state index in [1.54, 1.807) is 0 Å². The van der Waals surface area contributed by atoms with E-state index in [0.29, 0.717) is 0 Å². The molecule has 0 unspecified atom stereocenters. The van der Waals surface area contributed by atoms with E-state index in [1.165, 1.54) is 12.1 Å². The Morgan fingerprint density at radius 1 is 0.920 bits per heavy atom. The number of alkyl halides is 6. The lowest BCUT2D eigenvalue weighted by atomic mass is 10.2. The minimum Gasteiger partial charge on any atom is -0.484 e. The molecule has 0 aliphatic rings. The zero-order valence-electron chi connectivity index (χ0n) is 12.2. The maximum Gasteiger partial charge on any atom is 0.422 e. The molecule has 0 aromatic heterocycles. The number of nitriles is 2. The summed E-state index contributed by atoms with van der Waals surface area (Å²) in [6, 6.07) is 5.96.